The fourth-order valence-corrected chi connectivity index (χ4v) is 3.45. The summed E-state index contributed by atoms with van der Waals surface area (Å²) in [7, 11) is 0. The standard InChI is InChI=1S/C27H21NO/c1-2-22-8-6-7-11-27(22)23-14-18-26(19-15-23)28(24-9-4-3-5-10-24)25-16-12-21(20-29)13-17-25/h2-20H,1H2. The number of hydrogen-bond donors (Lipinski definition) is 0. The smallest absolute Gasteiger partial charge is 0.150 e. The van der Waals surface area contributed by atoms with Crippen LogP contribution < -0.4 is 4.90 Å². The van der Waals surface area contributed by atoms with Crippen LogP contribution in [0, 0.1) is 0 Å². The highest BCUT2D eigenvalue weighted by Gasteiger charge is 2.12. The number of carbonyl (C=O) groups excluding carboxylic acids is 1. The minimum atomic E-state index is 0.665. The van der Waals surface area contributed by atoms with Crippen LogP contribution in [0.3, 0.4) is 0 Å². The van der Waals surface area contributed by atoms with E-state index in [1.165, 1.54) is 0 Å². The van der Waals surface area contributed by atoms with Gasteiger partial charge in [0.25, 0.3) is 0 Å². The van der Waals surface area contributed by atoms with E-state index < -0.39 is 0 Å². The third-order valence-electron chi connectivity index (χ3n) is 4.92. The van der Waals surface area contributed by atoms with Crippen molar-refractivity contribution in [3.05, 3.63) is 121 Å². The summed E-state index contributed by atoms with van der Waals surface area (Å²) in [6.07, 6.45) is 2.75. The summed E-state index contributed by atoms with van der Waals surface area (Å²) < 4.78 is 0. The van der Waals surface area contributed by atoms with E-state index in [0.717, 1.165) is 40.0 Å². The summed E-state index contributed by atoms with van der Waals surface area (Å²) in [4.78, 5) is 13.2. The normalized spacial score (nSPS) is 10.3. The van der Waals surface area contributed by atoms with Gasteiger partial charge in [0.1, 0.15) is 6.29 Å². The first-order chi connectivity index (χ1) is 14.3. The van der Waals surface area contributed by atoms with Crippen LogP contribution >= 0.6 is 0 Å². The van der Waals surface area contributed by atoms with Crippen LogP contribution in [0.5, 0.6) is 0 Å². The van der Waals surface area contributed by atoms with Crippen molar-refractivity contribution in [3.8, 4) is 11.1 Å². The van der Waals surface area contributed by atoms with Gasteiger partial charge in [-0.1, -0.05) is 67.3 Å². The number of hydrogen-bond acceptors (Lipinski definition) is 2. The zero-order valence-electron chi connectivity index (χ0n) is 16.0. The average molecular weight is 375 g/mol. The van der Waals surface area contributed by atoms with Crippen LogP contribution in [-0.2, 0) is 0 Å². The Hall–Kier alpha value is -3.91. The van der Waals surface area contributed by atoms with Crippen LogP contribution in [0.2, 0.25) is 0 Å². The van der Waals surface area contributed by atoms with Crippen molar-refractivity contribution in [1.82, 2.24) is 0 Å². The minimum Gasteiger partial charge on any atom is -0.311 e. The molecule has 0 saturated heterocycles. The molecule has 0 saturated carbocycles. The van der Waals surface area contributed by atoms with E-state index in [9.17, 15) is 4.79 Å². The predicted molar refractivity (Wildman–Crippen MR) is 122 cm³/mol. The predicted octanol–water partition coefficient (Wildman–Crippen LogP) is 7.28. The van der Waals surface area contributed by atoms with Gasteiger partial charge in [-0.3, -0.25) is 4.79 Å². The van der Waals surface area contributed by atoms with Crippen molar-refractivity contribution in [1.29, 1.82) is 0 Å². The summed E-state index contributed by atoms with van der Waals surface area (Å²) in [5, 5.41) is 0. The lowest BCUT2D eigenvalue weighted by molar-refractivity contribution is 0.112. The zero-order valence-corrected chi connectivity index (χ0v) is 16.0. The molecule has 2 heteroatoms. The Balaban J connectivity index is 1.77. The van der Waals surface area contributed by atoms with Gasteiger partial charge in [-0.15, -0.1) is 0 Å². The summed E-state index contributed by atoms with van der Waals surface area (Å²) in [6.45, 7) is 3.92. The Morgan fingerprint density at radius 2 is 1.17 bits per heavy atom. The van der Waals surface area contributed by atoms with Crippen LogP contribution in [0.15, 0.2) is 110 Å². The minimum absolute atomic E-state index is 0.665. The van der Waals surface area contributed by atoms with Gasteiger partial charge in [0.2, 0.25) is 0 Å². The van der Waals surface area contributed by atoms with Crippen molar-refractivity contribution in [2.75, 3.05) is 4.90 Å². The molecule has 0 radical (unpaired) electrons. The van der Waals surface area contributed by atoms with Gasteiger partial charge in [-0.05, 0) is 65.2 Å². The molecule has 0 atom stereocenters. The van der Waals surface area contributed by atoms with E-state index in [1.54, 1.807) is 0 Å². The Kier molecular flexibility index (Phi) is 5.35. The van der Waals surface area contributed by atoms with Gasteiger partial charge in [0.05, 0.1) is 0 Å². The van der Waals surface area contributed by atoms with E-state index in [2.05, 4.69) is 60.0 Å². The van der Waals surface area contributed by atoms with Crippen molar-refractivity contribution in [2.45, 2.75) is 0 Å². The molecule has 0 amide bonds. The molecule has 140 valence electrons. The third-order valence-corrected chi connectivity index (χ3v) is 4.92. The van der Waals surface area contributed by atoms with E-state index in [1.807, 2.05) is 60.7 Å². The Bertz CT molecular complexity index is 1110. The molecule has 4 aromatic carbocycles. The monoisotopic (exact) mass is 375 g/mol. The summed E-state index contributed by atoms with van der Waals surface area (Å²) in [6, 6.07) is 34.6. The van der Waals surface area contributed by atoms with Gasteiger partial charge in [0, 0.05) is 22.6 Å². The molecule has 0 fully saturated rings. The maximum atomic E-state index is 11.0. The lowest BCUT2D eigenvalue weighted by Crippen LogP contribution is -2.09. The van der Waals surface area contributed by atoms with Crippen molar-refractivity contribution in [3.63, 3.8) is 0 Å². The molecule has 29 heavy (non-hydrogen) atoms. The molecule has 4 aromatic rings. The van der Waals surface area contributed by atoms with Crippen LogP contribution in [0.25, 0.3) is 17.2 Å². The number of nitrogens with zero attached hydrogens (tertiary/aromatic N) is 1. The van der Waals surface area contributed by atoms with E-state index >= 15 is 0 Å². The SMILES string of the molecule is C=Cc1ccccc1-c1ccc(N(c2ccccc2)c2ccc(C=O)cc2)cc1. The molecule has 0 spiro atoms. The van der Waals surface area contributed by atoms with Gasteiger partial charge in [-0.2, -0.15) is 0 Å². The lowest BCUT2D eigenvalue weighted by atomic mass is 9.99. The second kappa shape index (κ2) is 8.41. The maximum absolute atomic E-state index is 11.0. The second-order valence-electron chi connectivity index (χ2n) is 6.72. The van der Waals surface area contributed by atoms with Crippen LogP contribution in [0.1, 0.15) is 15.9 Å². The van der Waals surface area contributed by atoms with Gasteiger partial charge in [0.15, 0.2) is 0 Å². The molecular formula is C27H21NO. The summed E-state index contributed by atoms with van der Waals surface area (Å²) in [5.74, 6) is 0. The third kappa shape index (κ3) is 3.87. The quantitative estimate of drug-likeness (QED) is 0.330. The van der Waals surface area contributed by atoms with E-state index in [4.69, 9.17) is 0 Å². The molecular weight excluding hydrogens is 354 g/mol. The highest BCUT2D eigenvalue weighted by atomic mass is 16.1. The topological polar surface area (TPSA) is 20.3 Å². The molecule has 0 unspecified atom stereocenters. The molecule has 2 nitrogen and oxygen atoms in total. The number of benzene rings is 4. The number of para-hydroxylation sites is 1. The number of anilines is 3. The molecule has 0 N–H and O–H groups in total. The highest BCUT2D eigenvalue weighted by molar-refractivity contribution is 5.82. The second-order valence-corrected chi connectivity index (χ2v) is 6.72. The van der Waals surface area contributed by atoms with Crippen molar-refractivity contribution >= 4 is 29.4 Å². The number of aldehydes is 1. The number of rotatable bonds is 6. The van der Waals surface area contributed by atoms with Crippen LogP contribution in [-0.4, -0.2) is 6.29 Å². The van der Waals surface area contributed by atoms with Gasteiger partial charge in [-0.25, -0.2) is 0 Å². The molecule has 4 rings (SSSR count). The van der Waals surface area contributed by atoms with Crippen LogP contribution in [0.4, 0.5) is 17.1 Å². The number of carbonyl (C=O) groups is 1. The largest absolute Gasteiger partial charge is 0.311 e. The van der Waals surface area contributed by atoms with Gasteiger partial charge >= 0.3 is 0 Å². The van der Waals surface area contributed by atoms with Crippen molar-refractivity contribution < 1.29 is 4.79 Å². The Labute approximate surface area is 171 Å². The Morgan fingerprint density at radius 1 is 0.621 bits per heavy atom. The fraction of sp³-hybridized carbons (Fsp3) is 0. The molecule has 0 bridgehead atoms. The lowest BCUT2D eigenvalue weighted by Gasteiger charge is -2.25. The average Bonchev–Trinajstić information content (AvgIpc) is 2.81. The zero-order chi connectivity index (χ0) is 20.1. The summed E-state index contributed by atoms with van der Waals surface area (Å²) in [5.41, 5.74) is 7.20. The molecule has 0 heterocycles. The summed E-state index contributed by atoms with van der Waals surface area (Å²) >= 11 is 0. The molecule has 0 aliphatic rings. The first-order valence-corrected chi connectivity index (χ1v) is 9.52. The molecule has 0 aromatic heterocycles. The Morgan fingerprint density at radius 3 is 1.79 bits per heavy atom. The molecule has 0 aliphatic heterocycles. The first kappa shape index (κ1) is 18.5. The van der Waals surface area contributed by atoms with E-state index in [0.29, 0.717) is 5.56 Å². The first-order valence-electron chi connectivity index (χ1n) is 9.52. The van der Waals surface area contributed by atoms with Crippen molar-refractivity contribution in [2.24, 2.45) is 0 Å². The van der Waals surface area contributed by atoms with E-state index in [-0.39, 0.29) is 0 Å². The highest BCUT2D eigenvalue weighted by Crippen LogP contribution is 2.35. The maximum Gasteiger partial charge on any atom is 0.150 e. The fourth-order valence-electron chi connectivity index (χ4n) is 3.45. The molecule has 0 aliphatic carbocycles. The van der Waals surface area contributed by atoms with Gasteiger partial charge < -0.3 is 4.90 Å².